The van der Waals surface area contributed by atoms with Gasteiger partial charge in [0.2, 0.25) is 5.89 Å². The summed E-state index contributed by atoms with van der Waals surface area (Å²) in [5.74, 6) is 1.90. The zero-order chi connectivity index (χ0) is 13.9. The van der Waals surface area contributed by atoms with E-state index in [2.05, 4.69) is 39.1 Å². The number of nitrogens with one attached hydrogen (secondary N) is 1. The minimum Gasteiger partial charge on any atom is -0.338 e. The lowest BCUT2D eigenvalue weighted by molar-refractivity contribution is 0.0908. The van der Waals surface area contributed by atoms with Gasteiger partial charge in [-0.15, -0.1) is 0 Å². The minimum atomic E-state index is 0.333. The molecule has 2 fully saturated rings. The Morgan fingerprint density at radius 1 is 1.30 bits per heavy atom. The van der Waals surface area contributed by atoms with Crippen molar-refractivity contribution in [1.29, 1.82) is 0 Å². The highest BCUT2D eigenvalue weighted by molar-refractivity contribution is 4.92. The lowest BCUT2D eigenvalue weighted by Crippen LogP contribution is -2.50. The van der Waals surface area contributed by atoms with E-state index < -0.39 is 0 Å². The van der Waals surface area contributed by atoms with Gasteiger partial charge < -0.3 is 9.84 Å². The minimum absolute atomic E-state index is 0.333. The molecule has 1 N–H and O–H groups in total. The van der Waals surface area contributed by atoms with Gasteiger partial charge in [-0.25, -0.2) is 0 Å². The molecule has 0 saturated carbocycles. The molecule has 0 amide bonds. The largest absolute Gasteiger partial charge is 0.338 e. The first-order valence-corrected chi connectivity index (χ1v) is 7.72. The van der Waals surface area contributed by atoms with Crippen LogP contribution in [0.3, 0.4) is 0 Å². The fourth-order valence-corrected chi connectivity index (χ4v) is 3.00. The zero-order valence-electron chi connectivity index (χ0n) is 12.5. The molecule has 6 heteroatoms. The van der Waals surface area contributed by atoms with Crippen molar-refractivity contribution in [2.24, 2.45) is 0 Å². The molecule has 1 atom stereocenters. The van der Waals surface area contributed by atoms with Crippen LogP contribution in [0.5, 0.6) is 0 Å². The van der Waals surface area contributed by atoms with Gasteiger partial charge in [-0.1, -0.05) is 19.0 Å². The normalized spacial score (nSPS) is 25.6. The second kappa shape index (κ2) is 6.20. The molecule has 1 aromatic heterocycles. The zero-order valence-corrected chi connectivity index (χ0v) is 12.5. The number of nitrogens with zero attached hydrogens (tertiary/aromatic N) is 4. The predicted octanol–water partition coefficient (Wildman–Crippen LogP) is 0.673. The van der Waals surface area contributed by atoms with Crippen LogP contribution >= 0.6 is 0 Å². The molecule has 0 spiro atoms. The van der Waals surface area contributed by atoms with Crippen LogP contribution in [0, 0.1) is 0 Å². The summed E-state index contributed by atoms with van der Waals surface area (Å²) in [6, 6.07) is 0.744. The van der Waals surface area contributed by atoms with Crippen LogP contribution in [0.1, 0.15) is 37.9 Å². The molecular formula is C14H25N5O. The first kappa shape index (κ1) is 14.0. The average molecular weight is 279 g/mol. The molecule has 0 radical (unpaired) electrons. The van der Waals surface area contributed by atoms with Gasteiger partial charge in [0, 0.05) is 44.7 Å². The third-order valence-corrected chi connectivity index (χ3v) is 4.32. The molecule has 2 aliphatic rings. The fourth-order valence-electron chi connectivity index (χ4n) is 3.00. The monoisotopic (exact) mass is 279 g/mol. The standard InChI is InChI=1S/C14H25N5O/c1-11(2)14-16-13(20-17-14)10-18-5-7-19(8-6-18)12-3-4-15-9-12/h11-12,15H,3-10H2,1-2H3. The Morgan fingerprint density at radius 2 is 2.10 bits per heavy atom. The Hall–Kier alpha value is -0.980. The third-order valence-electron chi connectivity index (χ3n) is 4.32. The van der Waals surface area contributed by atoms with Gasteiger partial charge in [-0.3, -0.25) is 9.80 Å². The number of rotatable bonds is 4. The molecule has 3 heterocycles. The molecule has 2 aliphatic heterocycles. The maximum atomic E-state index is 5.33. The van der Waals surface area contributed by atoms with E-state index in [9.17, 15) is 0 Å². The maximum Gasteiger partial charge on any atom is 0.240 e. The van der Waals surface area contributed by atoms with E-state index in [1.807, 2.05) is 0 Å². The highest BCUT2D eigenvalue weighted by Gasteiger charge is 2.26. The van der Waals surface area contributed by atoms with Crippen molar-refractivity contribution < 1.29 is 4.52 Å². The lowest BCUT2D eigenvalue weighted by Gasteiger charge is -2.37. The van der Waals surface area contributed by atoms with E-state index in [4.69, 9.17) is 4.52 Å². The van der Waals surface area contributed by atoms with Gasteiger partial charge in [0.25, 0.3) is 0 Å². The molecule has 0 bridgehead atoms. The van der Waals surface area contributed by atoms with E-state index in [0.717, 1.165) is 57.0 Å². The number of hydrogen-bond acceptors (Lipinski definition) is 6. The number of aromatic nitrogens is 2. The second-order valence-corrected chi connectivity index (χ2v) is 6.16. The summed E-state index contributed by atoms with van der Waals surface area (Å²) in [4.78, 5) is 9.49. The topological polar surface area (TPSA) is 57.4 Å². The summed E-state index contributed by atoms with van der Waals surface area (Å²) in [7, 11) is 0. The molecule has 20 heavy (non-hydrogen) atoms. The molecule has 2 saturated heterocycles. The maximum absolute atomic E-state index is 5.33. The number of piperazine rings is 1. The van der Waals surface area contributed by atoms with Gasteiger partial charge >= 0.3 is 0 Å². The van der Waals surface area contributed by atoms with Crippen molar-refractivity contribution in [3.8, 4) is 0 Å². The average Bonchev–Trinajstić information content (AvgIpc) is 3.10. The van der Waals surface area contributed by atoms with Crippen molar-refractivity contribution in [3.63, 3.8) is 0 Å². The van der Waals surface area contributed by atoms with Crippen LogP contribution in [0.4, 0.5) is 0 Å². The van der Waals surface area contributed by atoms with E-state index in [0.29, 0.717) is 5.92 Å². The van der Waals surface area contributed by atoms with Crippen molar-refractivity contribution in [2.75, 3.05) is 39.3 Å². The fraction of sp³-hybridized carbons (Fsp3) is 0.857. The van der Waals surface area contributed by atoms with E-state index in [-0.39, 0.29) is 0 Å². The summed E-state index contributed by atoms with van der Waals surface area (Å²) in [6.45, 7) is 11.8. The highest BCUT2D eigenvalue weighted by atomic mass is 16.5. The van der Waals surface area contributed by atoms with Crippen molar-refractivity contribution in [2.45, 2.75) is 38.8 Å². The Kier molecular flexibility index (Phi) is 4.33. The first-order valence-electron chi connectivity index (χ1n) is 7.72. The molecule has 6 nitrogen and oxygen atoms in total. The molecule has 1 unspecified atom stereocenters. The number of hydrogen-bond donors (Lipinski definition) is 1. The van der Waals surface area contributed by atoms with E-state index in [1.54, 1.807) is 0 Å². The lowest BCUT2D eigenvalue weighted by atomic mass is 10.2. The first-order chi connectivity index (χ1) is 9.72. The predicted molar refractivity (Wildman–Crippen MR) is 76.5 cm³/mol. The van der Waals surface area contributed by atoms with Crippen molar-refractivity contribution >= 4 is 0 Å². The summed E-state index contributed by atoms with van der Waals surface area (Å²) in [6.07, 6.45) is 1.29. The Labute approximate surface area is 120 Å². The van der Waals surface area contributed by atoms with Gasteiger partial charge in [-0.2, -0.15) is 4.98 Å². The van der Waals surface area contributed by atoms with Crippen LogP contribution in [0.25, 0.3) is 0 Å². The Morgan fingerprint density at radius 3 is 2.70 bits per heavy atom. The quantitative estimate of drug-likeness (QED) is 0.874. The molecule has 112 valence electrons. The van der Waals surface area contributed by atoms with Crippen LogP contribution in [0.15, 0.2) is 4.52 Å². The molecule has 0 aromatic carbocycles. The van der Waals surface area contributed by atoms with E-state index >= 15 is 0 Å². The SMILES string of the molecule is CC(C)c1noc(CN2CCN(C3CCNC3)CC2)n1. The Balaban J connectivity index is 1.48. The molecule has 3 rings (SSSR count). The van der Waals surface area contributed by atoms with Gasteiger partial charge in [0.05, 0.1) is 6.54 Å². The van der Waals surface area contributed by atoms with Crippen LogP contribution in [-0.4, -0.2) is 65.3 Å². The van der Waals surface area contributed by atoms with Gasteiger partial charge in [0.1, 0.15) is 0 Å². The summed E-state index contributed by atoms with van der Waals surface area (Å²) in [5, 5.41) is 7.47. The summed E-state index contributed by atoms with van der Waals surface area (Å²) in [5.41, 5.74) is 0. The third kappa shape index (κ3) is 3.19. The smallest absolute Gasteiger partial charge is 0.240 e. The molecule has 0 aliphatic carbocycles. The van der Waals surface area contributed by atoms with Crippen molar-refractivity contribution in [1.82, 2.24) is 25.3 Å². The van der Waals surface area contributed by atoms with Crippen LogP contribution in [0.2, 0.25) is 0 Å². The Bertz CT molecular complexity index is 419. The van der Waals surface area contributed by atoms with Gasteiger partial charge in [0.15, 0.2) is 5.82 Å². The molecular weight excluding hydrogens is 254 g/mol. The van der Waals surface area contributed by atoms with Crippen molar-refractivity contribution in [3.05, 3.63) is 11.7 Å². The summed E-state index contributed by atoms with van der Waals surface area (Å²) >= 11 is 0. The summed E-state index contributed by atoms with van der Waals surface area (Å²) < 4.78 is 5.33. The van der Waals surface area contributed by atoms with Crippen LogP contribution in [-0.2, 0) is 6.54 Å². The molecule has 1 aromatic rings. The van der Waals surface area contributed by atoms with Gasteiger partial charge in [-0.05, 0) is 13.0 Å². The highest BCUT2D eigenvalue weighted by Crippen LogP contribution is 2.15. The second-order valence-electron chi connectivity index (χ2n) is 6.16. The van der Waals surface area contributed by atoms with Crippen LogP contribution < -0.4 is 5.32 Å². The van der Waals surface area contributed by atoms with E-state index in [1.165, 1.54) is 13.0 Å².